The van der Waals surface area contributed by atoms with Gasteiger partial charge in [-0.3, -0.25) is 0 Å². The molecule has 0 spiro atoms. The van der Waals surface area contributed by atoms with Crippen molar-refractivity contribution < 1.29 is 23.8 Å². The number of esters is 1. The minimum atomic E-state index is -1.91. The van der Waals surface area contributed by atoms with Crippen LogP contribution in [0.4, 0.5) is 0 Å². The minimum absolute atomic E-state index is 0.0323. The van der Waals surface area contributed by atoms with E-state index in [0.29, 0.717) is 19.3 Å². The third kappa shape index (κ3) is 5.16. The average molecular weight is 433 g/mol. The molecule has 0 amide bonds. The summed E-state index contributed by atoms with van der Waals surface area (Å²) in [5.41, 5.74) is 1.01. The Morgan fingerprint density at radius 1 is 1.23 bits per heavy atom. The molecule has 0 unspecified atom stereocenters. The van der Waals surface area contributed by atoms with Gasteiger partial charge in [0.25, 0.3) is 0 Å². The van der Waals surface area contributed by atoms with E-state index in [1.165, 1.54) is 6.07 Å². The summed E-state index contributed by atoms with van der Waals surface area (Å²) in [4.78, 5) is 12.8. The number of hydrogen-bond donors (Lipinski definition) is 1. The van der Waals surface area contributed by atoms with Crippen LogP contribution in [0, 0.1) is 0 Å². The summed E-state index contributed by atoms with van der Waals surface area (Å²) in [5.74, 6) is -0.513. The minimum Gasteiger partial charge on any atom is -0.507 e. The Bertz CT molecular complexity index is 782. The molecule has 6 heteroatoms. The number of aromatic hydroxyl groups is 1. The van der Waals surface area contributed by atoms with Gasteiger partial charge < -0.3 is 19.0 Å². The maximum Gasteiger partial charge on any atom is 0.342 e. The normalized spacial score (nSPS) is 27.7. The summed E-state index contributed by atoms with van der Waals surface area (Å²) in [6, 6.07) is 5.16. The van der Waals surface area contributed by atoms with Crippen LogP contribution in [0.3, 0.4) is 0 Å². The first-order chi connectivity index (χ1) is 14.0. The van der Waals surface area contributed by atoms with Crippen molar-refractivity contribution in [1.82, 2.24) is 0 Å². The molecular formula is C24H36O5Si. The largest absolute Gasteiger partial charge is 0.507 e. The molecule has 5 nitrogen and oxygen atoms in total. The zero-order chi connectivity index (χ0) is 22.1. The van der Waals surface area contributed by atoms with E-state index in [2.05, 4.69) is 40.4 Å². The van der Waals surface area contributed by atoms with Gasteiger partial charge in [0.15, 0.2) is 8.32 Å². The Balaban J connectivity index is 1.91. The van der Waals surface area contributed by atoms with E-state index in [1.54, 1.807) is 12.1 Å². The third-order valence-electron chi connectivity index (χ3n) is 6.71. The van der Waals surface area contributed by atoms with Crippen LogP contribution in [0.15, 0.2) is 30.9 Å². The molecule has 1 N–H and O–H groups in total. The van der Waals surface area contributed by atoms with E-state index < -0.39 is 14.3 Å². The van der Waals surface area contributed by atoms with Crippen LogP contribution in [0.25, 0.3) is 0 Å². The maximum absolute atomic E-state index is 12.8. The highest BCUT2D eigenvalue weighted by molar-refractivity contribution is 6.74. The zero-order valence-electron chi connectivity index (χ0n) is 18.9. The molecule has 2 aliphatic heterocycles. The van der Waals surface area contributed by atoms with E-state index >= 15 is 0 Å². The molecule has 1 aromatic rings. The van der Waals surface area contributed by atoms with Crippen molar-refractivity contribution in [3.8, 4) is 5.75 Å². The first-order valence-electron chi connectivity index (χ1n) is 11.0. The lowest BCUT2D eigenvalue weighted by Crippen LogP contribution is -2.48. The SMILES string of the molecule is C=CC[C@H]1C[C@@H]2C[C@H](O[Si](C)(C)C(C)(C)C)C[C@H](Cc3cccc(O)c3C(=O)O1)O2. The fourth-order valence-electron chi connectivity index (χ4n) is 4.16. The van der Waals surface area contributed by atoms with Gasteiger partial charge >= 0.3 is 5.97 Å². The van der Waals surface area contributed by atoms with Crippen molar-refractivity contribution in [2.75, 3.05) is 0 Å². The van der Waals surface area contributed by atoms with Crippen LogP contribution < -0.4 is 0 Å². The summed E-state index contributed by atoms with van der Waals surface area (Å²) in [6.07, 6.45) is 4.76. The van der Waals surface area contributed by atoms with Crippen LogP contribution >= 0.6 is 0 Å². The van der Waals surface area contributed by atoms with Gasteiger partial charge in [-0.25, -0.2) is 4.79 Å². The number of phenolic OH excluding ortho intramolecular Hbond substituents is 1. The highest BCUT2D eigenvalue weighted by atomic mass is 28.4. The van der Waals surface area contributed by atoms with Crippen LogP contribution in [0.5, 0.6) is 5.75 Å². The summed E-state index contributed by atoms with van der Waals surface area (Å²) in [7, 11) is -1.91. The van der Waals surface area contributed by atoms with Gasteiger partial charge in [-0.2, -0.15) is 0 Å². The van der Waals surface area contributed by atoms with E-state index in [0.717, 1.165) is 18.4 Å². The lowest BCUT2D eigenvalue weighted by atomic mass is 9.91. The molecule has 0 aliphatic carbocycles. The van der Waals surface area contributed by atoms with Gasteiger partial charge in [0, 0.05) is 18.9 Å². The fraction of sp³-hybridized carbons (Fsp3) is 0.625. The molecule has 0 saturated carbocycles. The smallest absolute Gasteiger partial charge is 0.342 e. The second kappa shape index (κ2) is 8.85. The van der Waals surface area contributed by atoms with Gasteiger partial charge in [-0.05, 0) is 49.0 Å². The highest BCUT2D eigenvalue weighted by Crippen LogP contribution is 2.40. The number of benzene rings is 1. The number of cyclic esters (lactones) is 1. The summed E-state index contributed by atoms with van der Waals surface area (Å²) < 4.78 is 19.0. The summed E-state index contributed by atoms with van der Waals surface area (Å²) >= 11 is 0. The lowest BCUT2D eigenvalue weighted by molar-refractivity contribution is -0.106. The first kappa shape index (κ1) is 23.0. The van der Waals surface area contributed by atoms with Crippen molar-refractivity contribution in [2.45, 2.75) is 95.4 Å². The van der Waals surface area contributed by atoms with E-state index in [9.17, 15) is 9.90 Å². The fourth-order valence-corrected chi connectivity index (χ4v) is 5.54. The molecule has 166 valence electrons. The molecule has 2 heterocycles. The van der Waals surface area contributed by atoms with Crippen LogP contribution in [0.1, 0.15) is 62.4 Å². The van der Waals surface area contributed by atoms with Crippen molar-refractivity contribution in [2.24, 2.45) is 0 Å². The van der Waals surface area contributed by atoms with Crippen LogP contribution in [-0.2, 0) is 20.3 Å². The van der Waals surface area contributed by atoms with Gasteiger partial charge in [0.05, 0.1) is 12.2 Å². The second-order valence-electron chi connectivity index (χ2n) is 10.2. The molecular weight excluding hydrogens is 396 g/mol. The Morgan fingerprint density at radius 2 is 1.93 bits per heavy atom. The number of phenols is 1. The van der Waals surface area contributed by atoms with Crippen LogP contribution in [0.2, 0.25) is 18.1 Å². The summed E-state index contributed by atoms with van der Waals surface area (Å²) in [6.45, 7) is 15.1. The van der Waals surface area contributed by atoms with Gasteiger partial charge in [0.2, 0.25) is 0 Å². The molecule has 2 bridgehead atoms. The highest BCUT2D eigenvalue weighted by Gasteiger charge is 2.42. The first-order valence-corrected chi connectivity index (χ1v) is 13.9. The zero-order valence-corrected chi connectivity index (χ0v) is 19.9. The predicted octanol–water partition coefficient (Wildman–Crippen LogP) is 5.38. The standard InChI is InChI=1S/C24H36O5Si/c1-7-9-17-13-19-15-20(29-30(5,6)24(2,3)4)14-18(27-19)12-16-10-8-11-21(25)22(16)23(26)28-17/h7-8,10-11,17-20,25H,1,9,12-15H2,2-6H3/t17-,18-,19+,20+/m0/s1. The molecule has 1 aromatic carbocycles. The van der Waals surface area contributed by atoms with Gasteiger partial charge in [-0.1, -0.05) is 39.0 Å². The molecule has 30 heavy (non-hydrogen) atoms. The third-order valence-corrected chi connectivity index (χ3v) is 11.2. The van der Waals surface area contributed by atoms with Gasteiger partial charge in [-0.15, -0.1) is 6.58 Å². The number of carbonyl (C=O) groups is 1. The Morgan fingerprint density at radius 3 is 2.60 bits per heavy atom. The van der Waals surface area contributed by atoms with Gasteiger partial charge in [0.1, 0.15) is 17.4 Å². The molecule has 4 atom stereocenters. The number of hydrogen-bond acceptors (Lipinski definition) is 5. The van der Waals surface area contributed by atoms with E-state index in [1.807, 2.05) is 6.07 Å². The predicted molar refractivity (Wildman–Crippen MR) is 120 cm³/mol. The number of rotatable bonds is 4. The Kier molecular flexibility index (Phi) is 6.80. The van der Waals surface area contributed by atoms with Crippen LogP contribution in [-0.4, -0.2) is 43.8 Å². The average Bonchev–Trinajstić information content (AvgIpc) is 2.59. The molecule has 1 saturated heterocycles. The quantitative estimate of drug-likeness (QED) is 0.393. The second-order valence-corrected chi connectivity index (χ2v) is 14.9. The number of ether oxygens (including phenoxy) is 2. The van der Waals surface area contributed by atoms with E-state index in [-0.39, 0.29) is 40.8 Å². The Labute approximate surface area is 181 Å². The monoisotopic (exact) mass is 432 g/mol. The molecule has 0 radical (unpaired) electrons. The van der Waals surface area contributed by atoms with E-state index in [4.69, 9.17) is 13.9 Å². The Hall–Kier alpha value is -1.63. The number of fused-ring (bicyclic) bond motifs is 3. The number of carbonyl (C=O) groups excluding carboxylic acids is 1. The van der Waals surface area contributed by atoms with Crippen molar-refractivity contribution in [3.63, 3.8) is 0 Å². The molecule has 0 aromatic heterocycles. The molecule has 2 aliphatic rings. The van der Waals surface area contributed by atoms with Crippen molar-refractivity contribution >= 4 is 14.3 Å². The van der Waals surface area contributed by atoms with Crippen molar-refractivity contribution in [3.05, 3.63) is 42.0 Å². The molecule has 3 rings (SSSR count). The maximum atomic E-state index is 12.8. The molecule has 1 fully saturated rings. The van der Waals surface area contributed by atoms with Crippen molar-refractivity contribution in [1.29, 1.82) is 0 Å². The lowest BCUT2D eigenvalue weighted by Gasteiger charge is -2.44. The summed E-state index contributed by atoms with van der Waals surface area (Å²) in [5, 5.41) is 10.5. The topological polar surface area (TPSA) is 65.0 Å².